The molecule has 3 aromatic rings. The highest BCUT2D eigenvalue weighted by atomic mass is 16.4. The van der Waals surface area contributed by atoms with Gasteiger partial charge in [-0.3, -0.25) is 14.4 Å². The summed E-state index contributed by atoms with van der Waals surface area (Å²) in [5.74, 6) is -1.32. The van der Waals surface area contributed by atoms with Gasteiger partial charge in [0.15, 0.2) is 0 Å². The first kappa shape index (κ1) is 28.9. The number of anilines is 3. The summed E-state index contributed by atoms with van der Waals surface area (Å²) >= 11 is 0. The molecular formula is C30H34N4O5. The number of hydrogen-bond donors (Lipinski definition) is 5. The Morgan fingerprint density at radius 1 is 0.795 bits per heavy atom. The number of nitrogens with one attached hydrogen (secondary N) is 4. The van der Waals surface area contributed by atoms with E-state index in [4.69, 9.17) is 5.11 Å². The van der Waals surface area contributed by atoms with Crippen LogP contribution in [-0.4, -0.2) is 35.0 Å². The number of rotatable bonds is 11. The number of carbonyl (C=O) groups excluding carboxylic acids is 3. The van der Waals surface area contributed by atoms with Crippen LogP contribution in [-0.2, 0) is 16.0 Å². The van der Waals surface area contributed by atoms with E-state index in [0.717, 1.165) is 16.8 Å². The molecule has 1 atom stereocenters. The number of hydrogen-bond acceptors (Lipinski definition) is 4. The molecular weight excluding hydrogens is 496 g/mol. The number of carboxylic acid groups (broad SMARTS) is 1. The first-order valence-electron chi connectivity index (χ1n) is 12.7. The average molecular weight is 531 g/mol. The van der Waals surface area contributed by atoms with Crippen molar-refractivity contribution in [1.29, 1.82) is 0 Å². The third-order valence-electron chi connectivity index (χ3n) is 5.91. The lowest BCUT2D eigenvalue weighted by Crippen LogP contribution is -2.37. The van der Waals surface area contributed by atoms with Crippen LogP contribution in [0.25, 0.3) is 0 Å². The van der Waals surface area contributed by atoms with Crippen LogP contribution in [0.15, 0.2) is 72.8 Å². The minimum atomic E-state index is -0.964. The molecule has 0 aliphatic rings. The molecule has 0 aliphatic carbocycles. The molecule has 0 saturated carbocycles. The van der Waals surface area contributed by atoms with Gasteiger partial charge in [0.1, 0.15) is 0 Å². The van der Waals surface area contributed by atoms with Gasteiger partial charge in [-0.25, -0.2) is 4.79 Å². The fourth-order valence-electron chi connectivity index (χ4n) is 4.04. The number of aliphatic carboxylic acids is 1. The molecule has 9 heteroatoms. The Morgan fingerprint density at radius 3 is 2.03 bits per heavy atom. The van der Waals surface area contributed by atoms with E-state index in [9.17, 15) is 19.2 Å². The van der Waals surface area contributed by atoms with Crippen molar-refractivity contribution >= 4 is 40.9 Å². The lowest BCUT2D eigenvalue weighted by molar-refractivity contribution is -0.137. The molecule has 0 aromatic heterocycles. The molecule has 0 radical (unpaired) electrons. The second kappa shape index (κ2) is 13.8. The van der Waals surface area contributed by atoms with Gasteiger partial charge >= 0.3 is 12.0 Å². The summed E-state index contributed by atoms with van der Waals surface area (Å²) in [6.07, 6.45) is 0.545. The van der Waals surface area contributed by atoms with E-state index in [2.05, 4.69) is 21.3 Å². The van der Waals surface area contributed by atoms with Crippen molar-refractivity contribution < 1.29 is 24.3 Å². The second-order valence-corrected chi connectivity index (χ2v) is 9.79. The van der Waals surface area contributed by atoms with Crippen LogP contribution >= 0.6 is 0 Å². The third kappa shape index (κ3) is 9.62. The largest absolute Gasteiger partial charge is 0.481 e. The smallest absolute Gasteiger partial charge is 0.323 e. The standard InChI is InChI=1S/C30H34N4O5/c1-19(2)16-25(18-28(36)37)32-29(38)22-10-14-23(15-11-22)31-27(35)17-21-8-12-24(13-9-21)33-30(39)34-26-7-5-4-6-20(26)3/h4-15,19,25H,16-18H2,1-3H3,(H,31,35)(H,32,38)(H,36,37)(H2,33,34,39). The fraction of sp³-hybridized carbons (Fsp3) is 0.267. The van der Waals surface area contributed by atoms with Crippen molar-refractivity contribution in [3.8, 4) is 0 Å². The highest BCUT2D eigenvalue weighted by Crippen LogP contribution is 2.16. The van der Waals surface area contributed by atoms with Gasteiger partial charge in [0, 0.05) is 28.7 Å². The minimum Gasteiger partial charge on any atom is -0.481 e. The minimum absolute atomic E-state index is 0.129. The second-order valence-electron chi connectivity index (χ2n) is 9.79. The molecule has 3 aromatic carbocycles. The zero-order chi connectivity index (χ0) is 28.4. The highest BCUT2D eigenvalue weighted by molar-refractivity contribution is 6.00. The quantitative estimate of drug-likeness (QED) is 0.225. The van der Waals surface area contributed by atoms with Crippen LogP contribution in [0.5, 0.6) is 0 Å². The van der Waals surface area contributed by atoms with Crippen LogP contribution in [0.2, 0.25) is 0 Å². The molecule has 0 fully saturated rings. The van der Waals surface area contributed by atoms with Crippen LogP contribution in [0.4, 0.5) is 21.9 Å². The normalized spacial score (nSPS) is 11.4. The molecule has 0 saturated heterocycles. The number of carboxylic acids is 1. The Morgan fingerprint density at radius 2 is 1.41 bits per heavy atom. The third-order valence-corrected chi connectivity index (χ3v) is 5.91. The number of urea groups is 1. The van der Waals surface area contributed by atoms with Crippen molar-refractivity contribution in [2.24, 2.45) is 5.92 Å². The Kier molecular flexibility index (Phi) is 10.2. The van der Waals surface area contributed by atoms with Gasteiger partial charge in [-0.1, -0.05) is 44.2 Å². The molecule has 4 amide bonds. The van der Waals surface area contributed by atoms with E-state index < -0.39 is 12.0 Å². The number of amides is 4. The van der Waals surface area contributed by atoms with E-state index >= 15 is 0 Å². The summed E-state index contributed by atoms with van der Waals surface area (Å²) in [4.78, 5) is 48.5. The summed E-state index contributed by atoms with van der Waals surface area (Å²) in [6, 6.07) is 20.1. The summed E-state index contributed by atoms with van der Waals surface area (Å²) in [6.45, 7) is 5.85. The number of carbonyl (C=O) groups is 4. The average Bonchev–Trinajstić information content (AvgIpc) is 2.86. The summed E-state index contributed by atoms with van der Waals surface area (Å²) < 4.78 is 0. The predicted molar refractivity (Wildman–Crippen MR) is 152 cm³/mol. The van der Waals surface area contributed by atoms with Crippen LogP contribution in [0.3, 0.4) is 0 Å². The SMILES string of the molecule is Cc1ccccc1NC(=O)Nc1ccc(CC(=O)Nc2ccc(C(=O)NC(CC(=O)O)CC(C)C)cc2)cc1. The fourth-order valence-corrected chi connectivity index (χ4v) is 4.04. The maximum absolute atomic E-state index is 12.6. The molecule has 1 unspecified atom stereocenters. The van der Waals surface area contributed by atoms with Gasteiger partial charge in [-0.05, 0) is 72.9 Å². The lowest BCUT2D eigenvalue weighted by Gasteiger charge is -2.19. The maximum atomic E-state index is 12.6. The van der Waals surface area contributed by atoms with Crippen molar-refractivity contribution in [3.63, 3.8) is 0 Å². The summed E-state index contributed by atoms with van der Waals surface area (Å²) in [5.41, 5.74) is 3.96. The lowest BCUT2D eigenvalue weighted by atomic mass is 10.0. The van der Waals surface area contributed by atoms with Crippen molar-refractivity contribution in [2.75, 3.05) is 16.0 Å². The van der Waals surface area contributed by atoms with Gasteiger partial charge < -0.3 is 26.4 Å². The van der Waals surface area contributed by atoms with E-state index in [0.29, 0.717) is 23.4 Å². The molecule has 0 bridgehead atoms. The first-order valence-corrected chi connectivity index (χ1v) is 12.7. The van der Waals surface area contributed by atoms with E-state index in [1.807, 2.05) is 45.0 Å². The summed E-state index contributed by atoms with van der Waals surface area (Å²) in [7, 11) is 0. The van der Waals surface area contributed by atoms with E-state index in [-0.39, 0.29) is 36.6 Å². The van der Waals surface area contributed by atoms with Crippen molar-refractivity contribution in [3.05, 3.63) is 89.5 Å². The van der Waals surface area contributed by atoms with Gasteiger partial charge in [-0.2, -0.15) is 0 Å². The Balaban J connectivity index is 1.49. The number of aryl methyl sites for hydroxylation is 1. The molecule has 39 heavy (non-hydrogen) atoms. The molecule has 0 spiro atoms. The van der Waals surface area contributed by atoms with Crippen LogP contribution in [0, 0.1) is 12.8 Å². The Labute approximate surface area is 228 Å². The molecule has 3 rings (SSSR count). The number of benzene rings is 3. The molecule has 204 valence electrons. The maximum Gasteiger partial charge on any atom is 0.323 e. The molecule has 9 nitrogen and oxygen atoms in total. The van der Waals surface area contributed by atoms with E-state index in [1.54, 1.807) is 48.5 Å². The molecule has 0 heterocycles. The van der Waals surface area contributed by atoms with Crippen molar-refractivity contribution in [2.45, 2.75) is 46.1 Å². The predicted octanol–water partition coefficient (Wildman–Crippen LogP) is 5.44. The summed E-state index contributed by atoms with van der Waals surface area (Å²) in [5, 5.41) is 20.3. The highest BCUT2D eigenvalue weighted by Gasteiger charge is 2.18. The van der Waals surface area contributed by atoms with Crippen LogP contribution < -0.4 is 21.3 Å². The number of para-hydroxylation sites is 1. The van der Waals surface area contributed by atoms with E-state index in [1.165, 1.54) is 0 Å². The Bertz CT molecular complexity index is 1300. The van der Waals surface area contributed by atoms with Gasteiger partial charge in [0.05, 0.1) is 12.8 Å². The van der Waals surface area contributed by atoms with Crippen molar-refractivity contribution in [1.82, 2.24) is 5.32 Å². The molecule has 0 aliphatic heterocycles. The zero-order valence-corrected chi connectivity index (χ0v) is 22.3. The Hall–Kier alpha value is -4.66. The van der Waals surface area contributed by atoms with Gasteiger partial charge in [-0.15, -0.1) is 0 Å². The zero-order valence-electron chi connectivity index (χ0n) is 22.3. The van der Waals surface area contributed by atoms with Gasteiger partial charge in [0.2, 0.25) is 5.91 Å². The van der Waals surface area contributed by atoms with Gasteiger partial charge in [0.25, 0.3) is 5.91 Å². The topological polar surface area (TPSA) is 137 Å². The monoisotopic (exact) mass is 530 g/mol. The van der Waals surface area contributed by atoms with Crippen LogP contribution in [0.1, 0.15) is 48.2 Å². The first-order chi connectivity index (χ1) is 18.6. The molecule has 5 N–H and O–H groups in total.